The number of carboxylic acids is 1. The SMILES string of the molecule is CC(CC(=O)O)n1nnnc1C1COCCO1. The molecular formula is C9H14N4O4. The van der Waals surface area contributed by atoms with E-state index in [0.717, 1.165) is 0 Å². The normalized spacial score (nSPS) is 22.3. The Balaban J connectivity index is 2.12. The van der Waals surface area contributed by atoms with Crippen LogP contribution in [0.4, 0.5) is 0 Å². The molecule has 0 amide bonds. The molecule has 94 valence electrons. The molecule has 0 radical (unpaired) electrons. The van der Waals surface area contributed by atoms with Crippen LogP contribution in [0, 0.1) is 0 Å². The summed E-state index contributed by atoms with van der Waals surface area (Å²) in [6, 6.07) is -0.317. The first-order valence-electron chi connectivity index (χ1n) is 5.37. The van der Waals surface area contributed by atoms with E-state index in [-0.39, 0.29) is 18.6 Å². The third kappa shape index (κ3) is 2.77. The molecule has 1 N–H and O–H groups in total. The van der Waals surface area contributed by atoms with Gasteiger partial charge in [-0.25, -0.2) is 4.68 Å². The van der Waals surface area contributed by atoms with Gasteiger partial charge >= 0.3 is 5.97 Å². The third-order valence-electron chi connectivity index (χ3n) is 2.51. The highest BCUT2D eigenvalue weighted by Crippen LogP contribution is 2.21. The zero-order valence-electron chi connectivity index (χ0n) is 9.44. The maximum Gasteiger partial charge on any atom is 0.305 e. The highest BCUT2D eigenvalue weighted by atomic mass is 16.6. The number of carboxylic acid groups (broad SMARTS) is 1. The molecule has 2 atom stereocenters. The van der Waals surface area contributed by atoms with E-state index < -0.39 is 5.97 Å². The number of tetrazole rings is 1. The van der Waals surface area contributed by atoms with Gasteiger partial charge in [0.05, 0.1) is 32.3 Å². The highest BCUT2D eigenvalue weighted by Gasteiger charge is 2.25. The summed E-state index contributed by atoms with van der Waals surface area (Å²) in [6.07, 6.45) is -0.360. The summed E-state index contributed by atoms with van der Waals surface area (Å²) in [7, 11) is 0. The Morgan fingerprint density at radius 1 is 1.65 bits per heavy atom. The van der Waals surface area contributed by atoms with Gasteiger partial charge in [-0.2, -0.15) is 0 Å². The van der Waals surface area contributed by atoms with Crippen LogP contribution in [-0.4, -0.2) is 51.1 Å². The van der Waals surface area contributed by atoms with Crippen molar-refractivity contribution in [3.63, 3.8) is 0 Å². The minimum atomic E-state index is -0.889. The van der Waals surface area contributed by atoms with Gasteiger partial charge in [0, 0.05) is 0 Å². The molecule has 0 saturated carbocycles. The van der Waals surface area contributed by atoms with E-state index >= 15 is 0 Å². The van der Waals surface area contributed by atoms with Crippen LogP contribution in [-0.2, 0) is 14.3 Å². The Kier molecular flexibility index (Phi) is 3.64. The molecular weight excluding hydrogens is 228 g/mol. The standard InChI is InChI=1S/C9H14N4O4/c1-6(4-8(14)15)13-9(10-11-12-13)7-5-16-2-3-17-7/h6-7H,2-5H2,1H3,(H,14,15). The van der Waals surface area contributed by atoms with Crippen molar-refractivity contribution in [2.24, 2.45) is 0 Å². The molecule has 1 aliphatic heterocycles. The van der Waals surface area contributed by atoms with E-state index in [1.165, 1.54) is 4.68 Å². The molecule has 8 nitrogen and oxygen atoms in total. The number of nitrogens with zero attached hydrogens (tertiary/aromatic N) is 4. The number of carbonyl (C=O) groups is 1. The van der Waals surface area contributed by atoms with E-state index in [1.807, 2.05) is 0 Å². The second kappa shape index (κ2) is 5.19. The van der Waals surface area contributed by atoms with Crippen LogP contribution in [0.2, 0.25) is 0 Å². The molecule has 0 aliphatic carbocycles. The molecule has 1 saturated heterocycles. The first-order valence-corrected chi connectivity index (χ1v) is 5.37. The minimum Gasteiger partial charge on any atom is -0.481 e. The van der Waals surface area contributed by atoms with Crippen LogP contribution in [0.5, 0.6) is 0 Å². The molecule has 1 fully saturated rings. The quantitative estimate of drug-likeness (QED) is 0.780. The second-order valence-electron chi connectivity index (χ2n) is 3.86. The molecule has 2 heterocycles. The van der Waals surface area contributed by atoms with Crippen molar-refractivity contribution in [3.05, 3.63) is 5.82 Å². The van der Waals surface area contributed by atoms with Crippen LogP contribution in [0.15, 0.2) is 0 Å². The summed E-state index contributed by atoms with van der Waals surface area (Å²) in [5, 5.41) is 20.0. The van der Waals surface area contributed by atoms with Crippen molar-refractivity contribution in [3.8, 4) is 0 Å². The van der Waals surface area contributed by atoms with Crippen molar-refractivity contribution in [1.82, 2.24) is 20.2 Å². The first-order chi connectivity index (χ1) is 8.18. The van der Waals surface area contributed by atoms with E-state index in [0.29, 0.717) is 25.6 Å². The van der Waals surface area contributed by atoms with Crippen molar-refractivity contribution < 1.29 is 19.4 Å². The summed E-state index contributed by atoms with van der Waals surface area (Å²) >= 11 is 0. The van der Waals surface area contributed by atoms with Crippen LogP contribution in [0.1, 0.15) is 31.3 Å². The fourth-order valence-electron chi connectivity index (χ4n) is 1.70. The Morgan fingerprint density at radius 2 is 2.47 bits per heavy atom. The van der Waals surface area contributed by atoms with Crippen LogP contribution < -0.4 is 0 Å². The van der Waals surface area contributed by atoms with Crippen molar-refractivity contribution in [2.45, 2.75) is 25.5 Å². The Hall–Kier alpha value is -1.54. The lowest BCUT2D eigenvalue weighted by Gasteiger charge is -2.23. The molecule has 1 aromatic heterocycles. The number of aromatic nitrogens is 4. The van der Waals surface area contributed by atoms with Gasteiger partial charge in [0.25, 0.3) is 0 Å². The third-order valence-corrected chi connectivity index (χ3v) is 2.51. The average molecular weight is 242 g/mol. The Labute approximate surface area is 97.5 Å². The lowest BCUT2D eigenvalue weighted by atomic mass is 10.2. The fourth-order valence-corrected chi connectivity index (χ4v) is 1.70. The number of aliphatic carboxylic acids is 1. The van der Waals surface area contributed by atoms with E-state index in [2.05, 4.69) is 15.5 Å². The van der Waals surface area contributed by atoms with E-state index in [4.69, 9.17) is 14.6 Å². The predicted octanol–water partition coefficient (Wildman–Crippen LogP) is -0.203. The summed E-state index contributed by atoms with van der Waals surface area (Å²) in [5.74, 6) is -0.377. The first kappa shape index (κ1) is 11.9. The summed E-state index contributed by atoms with van der Waals surface area (Å²) < 4.78 is 12.2. The summed E-state index contributed by atoms with van der Waals surface area (Å²) in [5.41, 5.74) is 0. The van der Waals surface area contributed by atoms with Crippen molar-refractivity contribution in [1.29, 1.82) is 0 Å². The van der Waals surface area contributed by atoms with E-state index in [1.54, 1.807) is 6.92 Å². The molecule has 1 aliphatic rings. The van der Waals surface area contributed by atoms with Crippen molar-refractivity contribution in [2.75, 3.05) is 19.8 Å². The average Bonchev–Trinajstić information content (AvgIpc) is 2.78. The molecule has 2 rings (SSSR count). The second-order valence-corrected chi connectivity index (χ2v) is 3.86. The Bertz CT molecular complexity index is 388. The lowest BCUT2D eigenvalue weighted by Crippen LogP contribution is -2.26. The highest BCUT2D eigenvalue weighted by molar-refractivity contribution is 5.67. The molecule has 0 bridgehead atoms. The smallest absolute Gasteiger partial charge is 0.305 e. The number of hydrogen-bond donors (Lipinski definition) is 1. The van der Waals surface area contributed by atoms with Gasteiger partial charge in [-0.3, -0.25) is 4.79 Å². The van der Waals surface area contributed by atoms with Gasteiger partial charge in [0.2, 0.25) is 0 Å². The predicted molar refractivity (Wildman–Crippen MR) is 54.3 cm³/mol. The molecule has 0 spiro atoms. The maximum atomic E-state index is 10.7. The van der Waals surface area contributed by atoms with Crippen LogP contribution in [0.25, 0.3) is 0 Å². The van der Waals surface area contributed by atoms with Gasteiger partial charge in [-0.05, 0) is 17.4 Å². The summed E-state index contributed by atoms with van der Waals surface area (Å²) in [4.78, 5) is 10.7. The zero-order valence-corrected chi connectivity index (χ0v) is 9.44. The van der Waals surface area contributed by atoms with Gasteiger partial charge in [0.1, 0.15) is 6.10 Å². The maximum absolute atomic E-state index is 10.7. The number of rotatable bonds is 4. The lowest BCUT2D eigenvalue weighted by molar-refractivity contribution is -0.138. The topological polar surface area (TPSA) is 99.4 Å². The molecule has 0 aromatic carbocycles. The monoisotopic (exact) mass is 242 g/mol. The molecule has 17 heavy (non-hydrogen) atoms. The van der Waals surface area contributed by atoms with Crippen LogP contribution in [0.3, 0.4) is 0 Å². The molecule has 1 aromatic rings. The van der Waals surface area contributed by atoms with Gasteiger partial charge < -0.3 is 14.6 Å². The molecule has 2 unspecified atom stereocenters. The van der Waals surface area contributed by atoms with E-state index in [9.17, 15) is 4.79 Å². The van der Waals surface area contributed by atoms with Crippen LogP contribution >= 0.6 is 0 Å². The number of hydrogen-bond acceptors (Lipinski definition) is 6. The van der Waals surface area contributed by atoms with Crippen molar-refractivity contribution >= 4 is 5.97 Å². The fraction of sp³-hybridized carbons (Fsp3) is 0.778. The minimum absolute atomic E-state index is 0.0361. The van der Waals surface area contributed by atoms with Gasteiger partial charge in [-0.1, -0.05) is 0 Å². The number of ether oxygens (including phenoxy) is 2. The van der Waals surface area contributed by atoms with Gasteiger partial charge in [-0.15, -0.1) is 5.10 Å². The zero-order chi connectivity index (χ0) is 12.3. The van der Waals surface area contributed by atoms with Gasteiger partial charge in [0.15, 0.2) is 5.82 Å². The summed E-state index contributed by atoms with van der Waals surface area (Å²) in [6.45, 7) is 3.19. The molecule has 8 heteroatoms. The Morgan fingerprint density at radius 3 is 3.12 bits per heavy atom. The largest absolute Gasteiger partial charge is 0.481 e.